The molecule has 0 radical (unpaired) electrons. The number of nitrogens with two attached hydrogens (primary N) is 1. The van der Waals surface area contributed by atoms with Crippen LogP contribution < -0.4 is 5.73 Å². The maximum Gasteiger partial charge on any atom is 0.328 e. The summed E-state index contributed by atoms with van der Waals surface area (Å²) in [6.45, 7) is 3.68. The average Bonchev–Trinajstić information content (AvgIpc) is 2.77. The maximum absolute atomic E-state index is 11.3. The summed E-state index contributed by atoms with van der Waals surface area (Å²) in [6.07, 6.45) is 0.940. The van der Waals surface area contributed by atoms with Crippen LogP contribution in [0.2, 0.25) is 0 Å². The zero-order chi connectivity index (χ0) is 15.6. The lowest BCUT2D eigenvalue weighted by Crippen LogP contribution is -2.21. The summed E-state index contributed by atoms with van der Waals surface area (Å²) >= 11 is 0. The number of carboxylic acid groups (broad SMARTS) is 1. The molecule has 1 heterocycles. The first-order valence-corrected chi connectivity index (χ1v) is 6.62. The molecule has 1 atom stereocenters. The number of aromatic nitrogens is 2. The van der Waals surface area contributed by atoms with E-state index in [2.05, 4.69) is 5.10 Å². The van der Waals surface area contributed by atoms with Crippen LogP contribution in [0.1, 0.15) is 35.3 Å². The van der Waals surface area contributed by atoms with E-state index in [0.29, 0.717) is 18.4 Å². The number of aldehydes is 1. The van der Waals surface area contributed by atoms with E-state index in [4.69, 9.17) is 5.73 Å². The molecule has 1 unspecified atom stereocenters. The number of nitrogen functional groups attached to an aromatic ring is 1. The van der Waals surface area contributed by atoms with Gasteiger partial charge in [0.25, 0.3) is 0 Å². The molecule has 6 heteroatoms. The summed E-state index contributed by atoms with van der Waals surface area (Å²) in [6, 6.07) is 6.57. The molecular formula is C15H17N3O3. The molecule has 0 amide bonds. The van der Waals surface area contributed by atoms with Gasteiger partial charge in [-0.15, -0.1) is 0 Å². The molecule has 1 aromatic carbocycles. The highest BCUT2D eigenvalue weighted by molar-refractivity contribution is 5.92. The van der Waals surface area contributed by atoms with E-state index in [-0.39, 0.29) is 11.4 Å². The van der Waals surface area contributed by atoms with Crippen molar-refractivity contribution >= 4 is 18.1 Å². The lowest BCUT2D eigenvalue weighted by molar-refractivity contribution is -0.141. The second-order valence-electron chi connectivity index (χ2n) is 4.84. The number of rotatable bonds is 5. The lowest BCUT2D eigenvalue weighted by Gasteiger charge is -2.11. The summed E-state index contributed by atoms with van der Waals surface area (Å²) in [4.78, 5) is 22.6. The minimum Gasteiger partial charge on any atom is -0.480 e. The molecule has 0 fully saturated rings. The van der Waals surface area contributed by atoms with Gasteiger partial charge in [0, 0.05) is 5.56 Å². The van der Waals surface area contributed by atoms with Crippen molar-refractivity contribution in [1.82, 2.24) is 9.78 Å². The number of hydrogen-bond acceptors (Lipinski definition) is 4. The van der Waals surface area contributed by atoms with Crippen molar-refractivity contribution in [3.8, 4) is 11.3 Å². The molecule has 110 valence electrons. The predicted molar refractivity (Wildman–Crippen MR) is 79.2 cm³/mol. The van der Waals surface area contributed by atoms with Crippen LogP contribution in [-0.2, 0) is 4.79 Å². The van der Waals surface area contributed by atoms with Gasteiger partial charge in [-0.1, -0.05) is 36.8 Å². The monoisotopic (exact) mass is 287 g/mol. The molecule has 0 aliphatic heterocycles. The van der Waals surface area contributed by atoms with Crippen LogP contribution in [0.15, 0.2) is 24.3 Å². The molecule has 0 aliphatic rings. The van der Waals surface area contributed by atoms with Crippen molar-refractivity contribution in [1.29, 1.82) is 0 Å². The second-order valence-corrected chi connectivity index (χ2v) is 4.84. The highest BCUT2D eigenvalue weighted by Crippen LogP contribution is 2.29. The largest absolute Gasteiger partial charge is 0.480 e. The number of hydrogen-bond donors (Lipinski definition) is 2. The van der Waals surface area contributed by atoms with Gasteiger partial charge in [0.15, 0.2) is 12.3 Å². The van der Waals surface area contributed by atoms with Gasteiger partial charge in [0.05, 0.1) is 5.56 Å². The van der Waals surface area contributed by atoms with Gasteiger partial charge in [-0.3, -0.25) is 4.79 Å². The Balaban J connectivity index is 2.60. The second kappa shape index (κ2) is 5.78. The zero-order valence-electron chi connectivity index (χ0n) is 11.9. The smallest absolute Gasteiger partial charge is 0.328 e. The number of nitrogens with zero attached hydrogens (tertiary/aromatic N) is 2. The Morgan fingerprint density at radius 2 is 2.05 bits per heavy atom. The number of carbonyl (C=O) groups is 2. The zero-order valence-corrected chi connectivity index (χ0v) is 11.9. The fourth-order valence-corrected chi connectivity index (χ4v) is 2.19. The van der Waals surface area contributed by atoms with Gasteiger partial charge in [-0.2, -0.15) is 5.10 Å². The SMILES string of the molecule is CCC(C(=O)O)n1nc(-c2ccc(C)cc2)c(C=O)c1N. The van der Waals surface area contributed by atoms with Crippen LogP contribution in [0.4, 0.5) is 5.82 Å². The van der Waals surface area contributed by atoms with Gasteiger partial charge in [-0.25, -0.2) is 9.48 Å². The minimum atomic E-state index is -1.03. The quantitative estimate of drug-likeness (QED) is 0.822. The standard InChI is InChI=1S/C15H17N3O3/c1-3-12(15(20)21)18-14(16)11(8-19)13(17-18)10-6-4-9(2)5-7-10/h4-8,12H,3,16H2,1-2H3,(H,20,21). The van der Waals surface area contributed by atoms with E-state index in [1.165, 1.54) is 4.68 Å². The Bertz CT molecular complexity index is 674. The lowest BCUT2D eigenvalue weighted by atomic mass is 10.1. The number of aryl methyl sites for hydroxylation is 1. The minimum absolute atomic E-state index is 0.0785. The molecular weight excluding hydrogens is 270 g/mol. The van der Waals surface area contributed by atoms with Gasteiger partial charge in [-0.05, 0) is 13.3 Å². The molecule has 2 aromatic rings. The van der Waals surface area contributed by atoms with E-state index in [1.54, 1.807) is 6.92 Å². The van der Waals surface area contributed by atoms with E-state index >= 15 is 0 Å². The molecule has 0 aliphatic carbocycles. The van der Waals surface area contributed by atoms with Crippen LogP contribution in [-0.4, -0.2) is 27.1 Å². The number of anilines is 1. The summed E-state index contributed by atoms with van der Waals surface area (Å²) in [7, 11) is 0. The third kappa shape index (κ3) is 2.65. The van der Waals surface area contributed by atoms with Gasteiger partial charge in [0.1, 0.15) is 11.5 Å². The molecule has 1 aromatic heterocycles. The topological polar surface area (TPSA) is 98.2 Å². The van der Waals surface area contributed by atoms with E-state index in [0.717, 1.165) is 11.1 Å². The van der Waals surface area contributed by atoms with Crippen LogP contribution in [0.3, 0.4) is 0 Å². The number of benzene rings is 1. The number of carboxylic acids is 1. The van der Waals surface area contributed by atoms with Gasteiger partial charge in [0.2, 0.25) is 0 Å². The van der Waals surface area contributed by atoms with Crippen molar-refractivity contribution in [2.24, 2.45) is 0 Å². The molecule has 2 rings (SSSR count). The van der Waals surface area contributed by atoms with Crippen molar-refractivity contribution in [2.75, 3.05) is 5.73 Å². The number of carbonyl (C=O) groups excluding carboxylic acids is 1. The van der Waals surface area contributed by atoms with Gasteiger partial charge < -0.3 is 10.8 Å². The van der Waals surface area contributed by atoms with E-state index < -0.39 is 12.0 Å². The van der Waals surface area contributed by atoms with Crippen molar-refractivity contribution < 1.29 is 14.7 Å². The van der Waals surface area contributed by atoms with E-state index in [9.17, 15) is 14.7 Å². The summed E-state index contributed by atoms with van der Waals surface area (Å²) in [5, 5.41) is 13.5. The molecule has 0 bridgehead atoms. The molecule has 3 N–H and O–H groups in total. The fraction of sp³-hybridized carbons (Fsp3) is 0.267. The predicted octanol–water partition coefficient (Wildman–Crippen LogP) is 2.29. The van der Waals surface area contributed by atoms with Crippen molar-refractivity contribution in [3.63, 3.8) is 0 Å². The normalized spacial score (nSPS) is 12.1. The van der Waals surface area contributed by atoms with Crippen LogP contribution in [0.25, 0.3) is 11.3 Å². The Morgan fingerprint density at radius 3 is 2.52 bits per heavy atom. The van der Waals surface area contributed by atoms with E-state index in [1.807, 2.05) is 31.2 Å². The average molecular weight is 287 g/mol. The third-order valence-electron chi connectivity index (χ3n) is 3.40. The van der Waals surface area contributed by atoms with Crippen molar-refractivity contribution in [3.05, 3.63) is 35.4 Å². The fourth-order valence-electron chi connectivity index (χ4n) is 2.19. The van der Waals surface area contributed by atoms with Crippen molar-refractivity contribution in [2.45, 2.75) is 26.3 Å². The summed E-state index contributed by atoms with van der Waals surface area (Å²) in [5.74, 6) is -0.950. The van der Waals surface area contributed by atoms with Gasteiger partial charge >= 0.3 is 5.97 Å². The van der Waals surface area contributed by atoms with Crippen LogP contribution in [0.5, 0.6) is 0 Å². The Kier molecular flexibility index (Phi) is 4.07. The highest BCUT2D eigenvalue weighted by atomic mass is 16.4. The van der Waals surface area contributed by atoms with Crippen LogP contribution in [0, 0.1) is 6.92 Å². The summed E-state index contributed by atoms with van der Waals surface area (Å²) in [5.41, 5.74) is 8.34. The van der Waals surface area contributed by atoms with Crippen LogP contribution >= 0.6 is 0 Å². The maximum atomic E-state index is 11.3. The highest BCUT2D eigenvalue weighted by Gasteiger charge is 2.25. The summed E-state index contributed by atoms with van der Waals surface area (Å²) < 4.78 is 1.21. The third-order valence-corrected chi connectivity index (χ3v) is 3.40. The molecule has 0 saturated carbocycles. The molecule has 21 heavy (non-hydrogen) atoms. The Morgan fingerprint density at radius 1 is 1.43 bits per heavy atom. The first-order valence-electron chi connectivity index (χ1n) is 6.62. The first kappa shape index (κ1) is 14.8. The molecule has 0 spiro atoms. The molecule has 0 saturated heterocycles. The Hall–Kier alpha value is -2.63. The molecule has 6 nitrogen and oxygen atoms in total. The number of aliphatic carboxylic acids is 1. The Labute approximate surface area is 122 Å². The first-order chi connectivity index (χ1) is 9.99.